The smallest absolute Gasteiger partial charge is 0.312 e. The fourth-order valence-corrected chi connectivity index (χ4v) is 1.68. The van der Waals surface area contributed by atoms with Crippen molar-refractivity contribution >= 4 is 21.9 Å². The minimum atomic E-state index is -0.833. The van der Waals surface area contributed by atoms with Crippen LogP contribution in [-0.4, -0.2) is 21.3 Å². The van der Waals surface area contributed by atoms with Crippen molar-refractivity contribution in [3.8, 4) is 0 Å². The second kappa shape index (κ2) is 3.91. The molecule has 0 amide bonds. The Morgan fingerprint density at radius 2 is 2.31 bits per heavy atom. The maximum Gasteiger partial charge on any atom is 0.312 e. The Bertz CT molecular complexity index is 309. The van der Waals surface area contributed by atoms with Crippen LogP contribution in [0.2, 0.25) is 0 Å². The number of carboxylic acids is 1. The van der Waals surface area contributed by atoms with Gasteiger partial charge in [-0.2, -0.15) is 5.10 Å². The second-order valence-corrected chi connectivity index (χ2v) is 4.05. The largest absolute Gasteiger partial charge is 0.481 e. The first-order chi connectivity index (χ1) is 6.04. The predicted octanol–water partition coefficient (Wildman–Crippen LogP) is 2.00. The summed E-state index contributed by atoms with van der Waals surface area (Å²) >= 11 is 3.25. The summed E-state index contributed by atoms with van der Waals surface area (Å²) in [5.74, 6) is -1.33. The van der Waals surface area contributed by atoms with Gasteiger partial charge in [-0.15, -0.1) is 0 Å². The lowest BCUT2D eigenvalue weighted by Crippen LogP contribution is -2.18. The van der Waals surface area contributed by atoms with E-state index >= 15 is 0 Å². The van der Waals surface area contributed by atoms with Gasteiger partial charge in [0.15, 0.2) is 0 Å². The highest BCUT2D eigenvalue weighted by Crippen LogP contribution is 2.28. The van der Waals surface area contributed by atoms with Crippen molar-refractivity contribution < 1.29 is 9.90 Å². The molecule has 0 aromatic carbocycles. The van der Waals surface area contributed by atoms with Crippen molar-refractivity contribution in [2.45, 2.75) is 19.8 Å². The monoisotopic (exact) mass is 246 g/mol. The molecule has 2 N–H and O–H groups in total. The van der Waals surface area contributed by atoms with Crippen molar-refractivity contribution in [1.29, 1.82) is 0 Å². The van der Waals surface area contributed by atoms with E-state index in [-0.39, 0.29) is 5.92 Å². The Morgan fingerprint density at radius 1 is 1.69 bits per heavy atom. The molecule has 1 rings (SSSR count). The molecule has 1 unspecified atom stereocenters. The first-order valence-corrected chi connectivity index (χ1v) is 4.75. The standard InChI is InChI=1S/C8H11BrN2O2/c1-4(2)6(8(12)13)7-5(9)3-10-11-7/h3-4,6H,1-2H3,(H,10,11)(H,12,13). The molecule has 0 fully saturated rings. The zero-order chi connectivity index (χ0) is 10.0. The van der Waals surface area contributed by atoms with Crippen LogP contribution in [0.4, 0.5) is 0 Å². The van der Waals surface area contributed by atoms with Gasteiger partial charge in [-0.3, -0.25) is 9.89 Å². The molecule has 0 aliphatic carbocycles. The Morgan fingerprint density at radius 3 is 2.62 bits per heavy atom. The third-order valence-electron chi connectivity index (χ3n) is 1.86. The van der Waals surface area contributed by atoms with Crippen LogP contribution >= 0.6 is 15.9 Å². The zero-order valence-corrected chi connectivity index (χ0v) is 9.00. The number of aromatic nitrogens is 2. The van der Waals surface area contributed by atoms with Gasteiger partial charge >= 0.3 is 5.97 Å². The van der Waals surface area contributed by atoms with Crippen LogP contribution in [0.15, 0.2) is 10.7 Å². The van der Waals surface area contributed by atoms with Crippen molar-refractivity contribution in [2.24, 2.45) is 5.92 Å². The van der Waals surface area contributed by atoms with Crippen LogP contribution in [-0.2, 0) is 4.79 Å². The van der Waals surface area contributed by atoms with Crippen LogP contribution in [0.3, 0.4) is 0 Å². The van der Waals surface area contributed by atoms with Crippen LogP contribution < -0.4 is 0 Å². The van der Waals surface area contributed by atoms with Gasteiger partial charge in [-0.1, -0.05) is 13.8 Å². The molecule has 1 aromatic heterocycles. The number of hydrogen-bond acceptors (Lipinski definition) is 2. The number of nitrogens with one attached hydrogen (secondary N) is 1. The van der Waals surface area contributed by atoms with Crippen LogP contribution in [0.1, 0.15) is 25.5 Å². The lowest BCUT2D eigenvalue weighted by molar-refractivity contribution is -0.140. The van der Waals surface area contributed by atoms with E-state index in [9.17, 15) is 4.79 Å². The van der Waals surface area contributed by atoms with Crippen molar-refractivity contribution in [3.05, 3.63) is 16.4 Å². The van der Waals surface area contributed by atoms with E-state index in [1.54, 1.807) is 6.20 Å². The van der Waals surface area contributed by atoms with Gasteiger partial charge in [-0.05, 0) is 21.8 Å². The minimum absolute atomic E-state index is 0.0363. The van der Waals surface area contributed by atoms with Crippen LogP contribution in [0.5, 0.6) is 0 Å². The van der Waals surface area contributed by atoms with Gasteiger partial charge < -0.3 is 5.11 Å². The molecule has 1 heterocycles. The number of rotatable bonds is 3. The average Bonchev–Trinajstić information content (AvgIpc) is 2.35. The third-order valence-corrected chi connectivity index (χ3v) is 2.50. The second-order valence-electron chi connectivity index (χ2n) is 3.19. The Balaban J connectivity index is 3.02. The molecule has 1 atom stereocenters. The Hall–Kier alpha value is -0.840. The summed E-state index contributed by atoms with van der Waals surface area (Å²) < 4.78 is 0.716. The van der Waals surface area contributed by atoms with Crippen molar-refractivity contribution in [1.82, 2.24) is 10.2 Å². The van der Waals surface area contributed by atoms with Crippen molar-refractivity contribution in [3.63, 3.8) is 0 Å². The molecule has 0 radical (unpaired) electrons. The van der Waals surface area contributed by atoms with Gasteiger partial charge in [0.25, 0.3) is 0 Å². The number of hydrogen-bond donors (Lipinski definition) is 2. The first kappa shape index (κ1) is 10.2. The van der Waals surface area contributed by atoms with Crippen LogP contribution in [0, 0.1) is 5.92 Å². The zero-order valence-electron chi connectivity index (χ0n) is 7.41. The van der Waals surface area contributed by atoms with E-state index < -0.39 is 11.9 Å². The fourth-order valence-electron chi connectivity index (χ4n) is 1.24. The lowest BCUT2D eigenvalue weighted by Gasteiger charge is -2.14. The number of carboxylic acid groups (broad SMARTS) is 1. The van der Waals surface area contributed by atoms with Gasteiger partial charge in [0.1, 0.15) is 5.92 Å². The average molecular weight is 247 g/mol. The third kappa shape index (κ3) is 2.09. The number of aromatic amines is 1. The molecule has 0 aliphatic rings. The van der Waals surface area contributed by atoms with E-state index in [2.05, 4.69) is 26.1 Å². The highest BCUT2D eigenvalue weighted by molar-refractivity contribution is 9.10. The van der Waals surface area contributed by atoms with E-state index in [1.807, 2.05) is 13.8 Å². The molecular weight excluding hydrogens is 236 g/mol. The molecule has 0 bridgehead atoms. The maximum atomic E-state index is 10.9. The number of carbonyl (C=O) groups is 1. The molecule has 0 saturated heterocycles. The highest BCUT2D eigenvalue weighted by Gasteiger charge is 2.26. The first-order valence-electron chi connectivity index (χ1n) is 3.95. The molecule has 4 nitrogen and oxygen atoms in total. The van der Waals surface area contributed by atoms with E-state index in [4.69, 9.17) is 5.11 Å². The fraction of sp³-hybridized carbons (Fsp3) is 0.500. The predicted molar refractivity (Wildman–Crippen MR) is 51.5 cm³/mol. The molecule has 0 aliphatic heterocycles. The molecule has 0 saturated carbocycles. The highest BCUT2D eigenvalue weighted by atomic mass is 79.9. The molecule has 13 heavy (non-hydrogen) atoms. The maximum absolute atomic E-state index is 10.9. The topological polar surface area (TPSA) is 66.0 Å². The van der Waals surface area contributed by atoms with E-state index in [1.165, 1.54) is 0 Å². The Kier molecular flexibility index (Phi) is 3.08. The molecular formula is C8H11BrN2O2. The number of aliphatic carboxylic acids is 1. The quantitative estimate of drug-likeness (QED) is 0.858. The number of nitrogens with zero attached hydrogens (tertiary/aromatic N) is 1. The van der Waals surface area contributed by atoms with Crippen molar-refractivity contribution in [2.75, 3.05) is 0 Å². The molecule has 5 heteroatoms. The lowest BCUT2D eigenvalue weighted by atomic mass is 9.93. The normalized spacial score (nSPS) is 13.2. The molecule has 72 valence electrons. The summed E-state index contributed by atoms with van der Waals surface area (Å²) in [4.78, 5) is 10.9. The summed E-state index contributed by atoms with van der Waals surface area (Å²) in [6, 6.07) is 0. The molecule has 1 aromatic rings. The summed E-state index contributed by atoms with van der Waals surface area (Å²) in [6.07, 6.45) is 1.56. The van der Waals surface area contributed by atoms with Gasteiger partial charge in [-0.25, -0.2) is 0 Å². The van der Waals surface area contributed by atoms with E-state index in [0.29, 0.717) is 10.2 Å². The van der Waals surface area contributed by atoms with Gasteiger partial charge in [0.2, 0.25) is 0 Å². The number of halogens is 1. The summed E-state index contributed by atoms with van der Waals surface area (Å²) in [6.45, 7) is 3.73. The summed E-state index contributed by atoms with van der Waals surface area (Å²) in [5.41, 5.74) is 0.627. The SMILES string of the molecule is CC(C)C(C(=O)O)c1[nH]ncc1Br. The summed E-state index contributed by atoms with van der Waals surface area (Å²) in [7, 11) is 0. The Labute approximate surface area is 84.5 Å². The van der Waals surface area contributed by atoms with E-state index in [0.717, 1.165) is 0 Å². The summed E-state index contributed by atoms with van der Waals surface area (Å²) in [5, 5.41) is 15.4. The number of H-pyrrole nitrogens is 1. The minimum Gasteiger partial charge on any atom is -0.481 e. The van der Waals surface area contributed by atoms with Gasteiger partial charge in [0.05, 0.1) is 16.4 Å². The van der Waals surface area contributed by atoms with Crippen LogP contribution in [0.25, 0.3) is 0 Å². The van der Waals surface area contributed by atoms with Gasteiger partial charge in [0, 0.05) is 0 Å². The molecule has 0 spiro atoms.